The normalized spacial score (nSPS) is 28.2. The third-order valence-electron chi connectivity index (χ3n) is 4.39. The summed E-state index contributed by atoms with van der Waals surface area (Å²) in [5.74, 6) is -1.98. The molecule has 0 spiro atoms. The Morgan fingerprint density at radius 2 is 1.89 bits per heavy atom. The zero-order chi connectivity index (χ0) is 20.0. The number of carboxylic acid groups (broad SMARTS) is 1. The lowest BCUT2D eigenvalue weighted by Gasteiger charge is -2.41. The fourth-order valence-electron chi connectivity index (χ4n) is 2.94. The van der Waals surface area contributed by atoms with Crippen LogP contribution in [-0.4, -0.2) is 62.9 Å². The Balaban J connectivity index is 2.09. The molecule has 1 aromatic rings. The molecule has 8 heteroatoms. The van der Waals surface area contributed by atoms with Crippen LogP contribution in [0.3, 0.4) is 0 Å². The van der Waals surface area contributed by atoms with Crippen LogP contribution in [0, 0.1) is 0 Å². The molecule has 1 aromatic carbocycles. The van der Waals surface area contributed by atoms with Gasteiger partial charge in [0.05, 0.1) is 6.10 Å². The highest BCUT2D eigenvalue weighted by Gasteiger charge is 2.52. The number of esters is 1. The van der Waals surface area contributed by atoms with Crippen molar-refractivity contribution in [2.24, 2.45) is 0 Å². The number of hydrogen-bond donors (Lipinski definition) is 4. The summed E-state index contributed by atoms with van der Waals surface area (Å²) in [4.78, 5) is 23.8. The van der Waals surface area contributed by atoms with Crippen molar-refractivity contribution in [2.75, 3.05) is 6.61 Å². The molecule has 8 nitrogen and oxygen atoms in total. The van der Waals surface area contributed by atoms with E-state index in [1.807, 2.05) is 6.92 Å². The number of rotatable bonds is 7. The highest BCUT2D eigenvalue weighted by molar-refractivity contribution is 5.87. The van der Waals surface area contributed by atoms with E-state index in [-0.39, 0.29) is 25.2 Å². The number of aliphatic hydroxyl groups excluding tert-OH is 2. The summed E-state index contributed by atoms with van der Waals surface area (Å²) < 4.78 is 10.6. The molecular formula is C19H24O8. The lowest BCUT2D eigenvalue weighted by Crippen LogP contribution is -2.58. The Labute approximate surface area is 156 Å². The molecule has 1 fully saturated rings. The maximum Gasteiger partial charge on any atom is 0.336 e. The Morgan fingerprint density at radius 3 is 2.48 bits per heavy atom. The second-order valence-corrected chi connectivity index (χ2v) is 6.51. The number of hydrogen-bond acceptors (Lipinski definition) is 7. The quantitative estimate of drug-likeness (QED) is 0.408. The molecule has 1 aliphatic rings. The number of phenols is 1. The first-order valence-electron chi connectivity index (χ1n) is 8.68. The smallest absolute Gasteiger partial charge is 0.336 e. The van der Waals surface area contributed by atoms with Gasteiger partial charge in [-0.15, -0.1) is 0 Å². The molecule has 4 N–H and O–H groups in total. The largest absolute Gasteiger partial charge is 0.508 e. The Morgan fingerprint density at radius 1 is 1.22 bits per heavy atom. The molecule has 0 heterocycles. The van der Waals surface area contributed by atoms with Crippen LogP contribution in [0.4, 0.5) is 0 Å². The predicted molar refractivity (Wildman–Crippen MR) is 94.9 cm³/mol. The SMILES string of the molecule is CCCO[C@@]1(C(=O)O)C[C@H](O)[C@@H](O)[C@H](OC(=O)/C=C/c2ccc(O)cc2)C1. The minimum absolute atomic E-state index is 0.0890. The van der Waals surface area contributed by atoms with E-state index >= 15 is 0 Å². The number of benzene rings is 1. The highest BCUT2D eigenvalue weighted by Crippen LogP contribution is 2.34. The molecular weight excluding hydrogens is 356 g/mol. The van der Waals surface area contributed by atoms with E-state index in [9.17, 15) is 30.0 Å². The summed E-state index contributed by atoms with van der Waals surface area (Å²) in [6.07, 6.45) is -1.44. The molecule has 0 radical (unpaired) electrons. The van der Waals surface area contributed by atoms with Crippen LogP contribution >= 0.6 is 0 Å². The molecule has 27 heavy (non-hydrogen) atoms. The van der Waals surface area contributed by atoms with E-state index in [1.54, 1.807) is 12.1 Å². The second-order valence-electron chi connectivity index (χ2n) is 6.51. The second kappa shape index (κ2) is 8.98. The Hall–Kier alpha value is -2.42. The summed E-state index contributed by atoms with van der Waals surface area (Å²) in [5.41, 5.74) is -1.08. The number of aliphatic hydroxyl groups is 2. The average molecular weight is 380 g/mol. The number of aliphatic carboxylic acids is 1. The number of ether oxygens (including phenoxy) is 2. The first-order chi connectivity index (χ1) is 12.8. The van der Waals surface area contributed by atoms with Gasteiger partial charge in [-0.1, -0.05) is 19.1 Å². The van der Waals surface area contributed by atoms with Crippen LogP contribution < -0.4 is 0 Å². The van der Waals surface area contributed by atoms with Crippen LogP contribution in [0.2, 0.25) is 0 Å². The van der Waals surface area contributed by atoms with Crippen molar-refractivity contribution < 1.29 is 39.5 Å². The number of carbonyl (C=O) groups excluding carboxylic acids is 1. The molecule has 148 valence electrons. The summed E-state index contributed by atoms with van der Waals surface area (Å²) in [5, 5.41) is 39.0. The van der Waals surface area contributed by atoms with E-state index in [4.69, 9.17) is 9.47 Å². The van der Waals surface area contributed by atoms with Gasteiger partial charge in [-0.25, -0.2) is 9.59 Å². The zero-order valence-corrected chi connectivity index (χ0v) is 14.9. The molecule has 0 aliphatic heterocycles. The summed E-state index contributed by atoms with van der Waals surface area (Å²) in [7, 11) is 0. The van der Waals surface area contributed by atoms with Crippen LogP contribution in [0.1, 0.15) is 31.7 Å². The number of aromatic hydroxyl groups is 1. The van der Waals surface area contributed by atoms with Gasteiger partial charge in [0.1, 0.15) is 18.0 Å². The molecule has 1 aliphatic carbocycles. The van der Waals surface area contributed by atoms with E-state index in [1.165, 1.54) is 18.2 Å². The fraction of sp³-hybridized carbons (Fsp3) is 0.474. The fourth-order valence-corrected chi connectivity index (χ4v) is 2.94. The van der Waals surface area contributed by atoms with E-state index < -0.39 is 35.9 Å². The minimum atomic E-state index is -1.72. The number of carbonyl (C=O) groups is 2. The highest BCUT2D eigenvalue weighted by atomic mass is 16.6. The van der Waals surface area contributed by atoms with Gasteiger partial charge in [-0.2, -0.15) is 0 Å². The third-order valence-corrected chi connectivity index (χ3v) is 4.39. The molecule has 0 amide bonds. The molecule has 0 saturated heterocycles. The van der Waals surface area contributed by atoms with Crippen molar-refractivity contribution in [1.29, 1.82) is 0 Å². The van der Waals surface area contributed by atoms with Crippen LogP contribution in [0.25, 0.3) is 6.08 Å². The summed E-state index contributed by atoms with van der Waals surface area (Å²) in [6, 6.07) is 6.09. The van der Waals surface area contributed by atoms with Crippen molar-refractivity contribution >= 4 is 18.0 Å². The van der Waals surface area contributed by atoms with Gasteiger partial charge in [0.2, 0.25) is 0 Å². The molecule has 0 aromatic heterocycles. The van der Waals surface area contributed by atoms with Crippen LogP contribution in [0.5, 0.6) is 5.75 Å². The van der Waals surface area contributed by atoms with Gasteiger partial charge >= 0.3 is 11.9 Å². The monoisotopic (exact) mass is 380 g/mol. The van der Waals surface area contributed by atoms with Gasteiger partial charge in [-0.3, -0.25) is 0 Å². The van der Waals surface area contributed by atoms with E-state index in [0.29, 0.717) is 12.0 Å². The Bertz CT molecular complexity index is 683. The maximum atomic E-state index is 12.1. The third kappa shape index (κ3) is 5.29. The van der Waals surface area contributed by atoms with Crippen LogP contribution in [0.15, 0.2) is 30.3 Å². The standard InChI is InChI=1S/C19H24O8/c1-2-9-26-19(18(24)25)10-14(21)17(23)15(11-19)27-16(22)8-5-12-3-6-13(20)7-4-12/h3-8,14-15,17,20-21,23H,2,9-11H2,1H3,(H,24,25)/b8-5+/t14-,15+,17+,19-/m0/s1. The van der Waals surface area contributed by atoms with Crippen LogP contribution in [-0.2, 0) is 19.1 Å². The van der Waals surface area contributed by atoms with Gasteiger partial charge in [-0.05, 0) is 30.2 Å². The lowest BCUT2D eigenvalue weighted by atomic mass is 9.79. The summed E-state index contributed by atoms with van der Waals surface area (Å²) >= 11 is 0. The van der Waals surface area contributed by atoms with Gasteiger partial charge in [0.15, 0.2) is 5.60 Å². The van der Waals surface area contributed by atoms with Crippen molar-refractivity contribution in [3.63, 3.8) is 0 Å². The van der Waals surface area contributed by atoms with Crippen molar-refractivity contribution in [1.82, 2.24) is 0 Å². The molecule has 1 saturated carbocycles. The topological polar surface area (TPSA) is 134 Å². The van der Waals surface area contributed by atoms with Crippen molar-refractivity contribution in [3.05, 3.63) is 35.9 Å². The number of phenolic OH excluding ortho intramolecular Hbond substituents is 1. The number of carboxylic acids is 1. The molecule has 4 atom stereocenters. The van der Waals surface area contributed by atoms with E-state index in [2.05, 4.69) is 0 Å². The first-order valence-corrected chi connectivity index (χ1v) is 8.68. The predicted octanol–water partition coefficient (Wildman–Crippen LogP) is 1.08. The average Bonchev–Trinajstić information content (AvgIpc) is 2.63. The first kappa shape index (κ1) is 20.9. The molecule has 2 rings (SSSR count). The Kier molecular flexibility index (Phi) is 6.95. The zero-order valence-electron chi connectivity index (χ0n) is 14.9. The van der Waals surface area contributed by atoms with Crippen molar-refractivity contribution in [3.8, 4) is 5.75 Å². The van der Waals surface area contributed by atoms with Gasteiger partial charge < -0.3 is 29.9 Å². The van der Waals surface area contributed by atoms with Crippen molar-refractivity contribution in [2.45, 2.75) is 50.1 Å². The molecule has 0 bridgehead atoms. The minimum Gasteiger partial charge on any atom is -0.508 e. The van der Waals surface area contributed by atoms with E-state index in [0.717, 1.165) is 6.08 Å². The summed E-state index contributed by atoms with van der Waals surface area (Å²) in [6.45, 7) is 1.98. The van der Waals surface area contributed by atoms with Gasteiger partial charge in [0.25, 0.3) is 0 Å². The maximum absolute atomic E-state index is 12.1. The molecule has 0 unspecified atom stereocenters. The lowest BCUT2D eigenvalue weighted by molar-refractivity contribution is -0.206. The van der Waals surface area contributed by atoms with Gasteiger partial charge in [0, 0.05) is 25.5 Å².